The predicted octanol–water partition coefficient (Wildman–Crippen LogP) is 3.74. The van der Waals surface area contributed by atoms with E-state index in [0.717, 1.165) is 34.8 Å². The molecular weight excluding hydrogens is 234 g/mol. The molecule has 0 bridgehead atoms. The fourth-order valence-electron chi connectivity index (χ4n) is 1.98. The molecule has 1 atom stereocenters. The van der Waals surface area contributed by atoms with E-state index in [1.54, 1.807) is 6.26 Å². The molecule has 0 fully saturated rings. The highest BCUT2D eigenvalue weighted by Gasteiger charge is 2.14. The first-order valence-electron chi connectivity index (χ1n) is 5.77. The normalized spacial score (nSPS) is 12.6. The Balaban J connectivity index is 2.17. The second-order valence-electron chi connectivity index (χ2n) is 4.05. The van der Waals surface area contributed by atoms with Gasteiger partial charge in [-0.1, -0.05) is 36.7 Å². The molecule has 1 unspecified atom stereocenters. The molecule has 0 aliphatic carbocycles. The third-order valence-electron chi connectivity index (χ3n) is 2.90. The van der Waals surface area contributed by atoms with Gasteiger partial charge in [0.05, 0.1) is 6.26 Å². The average Bonchev–Trinajstić information content (AvgIpc) is 2.80. The number of rotatable bonds is 4. The standard InChI is InChI=1S/C14H16ClNO/c1-2-14-11(7-8-17-14)13(16)9-10-5-3-4-6-12(10)15/h3-8,13H,2,9,16H2,1H3. The summed E-state index contributed by atoms with van der Waals surface area (Å²) in [4.78, 5) is 0. The number of aryl methyl sites for hydroxylation is 1. The molecule has 0 radical (unpaired) electrons. The van der Waals surface area contributed by atoms with E-state index in [1.165, 1.54) is 0 Å². The van der Waals surface area contributed by atoms with Crippen LogP contribution < -0.4 is 5.73 Å². The fourth-order valence-corrected chi connectivity index (χ4v) is 2.19. The van der Waals surface area contributed by atoms with E-state index in [1.807, 2.05) is 30.3 Å². The number of hydrogen-bond acceptors (Lipinski definition) is 2. The van der Waals surface area contributed by atoms with Gasteiger partial charge < -0.3 is 10.2 Å². The maximum Gasteiger partial charge on any atom is 0.108 e. The van der Waals surface area contributed by atoms with Gasteiger partial charge in [-0.15, -0.1) is 0 Å². The van der Waals surface area contributed by atoms with E-state index in [0.29, 0.717) is 0 Å². The minimum absolute atomic E-state index is 0.0661. The van der Waals surface area contributed by atoms with Crippen molar-refractivity contribution in [2.24, 2.45) is 5.73 Å². The highest BCUT2D eigenvalue weighted by atomic mass is 35.5. The lowest BCUT2D eigenvalue weighted by Gasteiger charge is -2.12. The Morgan fingerprint density at radius 2 is 2.06 bits per heavy atom. The molecular formula is C14H16ClNO. The van der Waals surface area contributed by atoms with E-state index in [4.69, 9.17) is 21.8 Å². The second kappa shape index (κ2) is 5.39. The molecule has 2 rings (SSSR count). The van der Waals surface area contributed by atoms with Crippen LogP contribution in [0.2, 0.25) is 5.02 Å². The molecule has 0 spiro atoms. The van der Waals surface area contributed by atoms with Gasteiger partial charge in [-0.25, -0.2) is 0 Å². The van der Waals surface area contributed by atoms with Crippen LogP contribution in [-0.4, -0.2) is 0 Å². The third-order valence-corrected chi connectivity index (χ3v) is 3.27. The molecule has 2 nitrogen and oxygen atoms in total. The van der Waals surface area contributed by atoms with Gasteiger partial charge in [-0.3, -0.25) is 0 Å². The highest BCUT2D eigenvalue weighted by Crippen LogP contribution is 2.24. The lowest BCUT2D eigenvalue weighted by Crippen LogP contribution is -2.14. The highest BCUT2D eigenvalue weighted by molar-refractivity contribution is 6.31. The van der Waals surface area contributed by atoms with Crippen LogP contribution in [0.15, 0.2) is 41.0 Å². The molecule has 0 amide bonds. The predicted molar refractivity (Wildman–Crippen MR) is 70.2 cm³/mol. The maximum absolute atomic E-state index is 6.20. The molecule has 0 aliphatic rings. The van der Waals surface area contributed by atoms with E-state index in [9.17, 15) is 0 Å². The van der Waals surface area contributed by atoms with E-state index in [-0.39, 0.29) is 6.04 Å². The zero-order valence-corrected chi connectivity index (χ0v) is 10.6. The van der Waals surface area contributed by atoms with Crippen LogP contribution in [0.3, 0.4) is 0 Å². The van der Waals surface area contributed by atoms with Crippen LogP contribution in [0, 0.1) is 0 Å². The Morgan fingerprint density at radius 1 is 1.29 bits per heavy atom. The summed E-state index contributed by atoms with van der Waals surface area (Å²) in [7, 11) is 0. The van der Waals surface area contributed by atoms with Gasteiger partial charge in [0, 0.05) is 23.0 Å². The summed E-state index contributed by atoms with van der Waals surface area (Å²) in [5.41, 5.74) is 8.35. The van der Waals surface area contributed by atoms with Crippen LogP contribution in [0.1, 0.15) is 29.9 Å². The van der Waals surface area contributed by atoms with Crippen molar-refractivity contribution >= 4 is 11.6 Å². The average molecular weight is 250 g/mol. The van der Waals surface area contributed by atoms with Crippen molar-refractivity contribution in [3.63, 3.8) is 0 Å². The van der Waals surface area contributed by atoms with Crippen LogP contribution in [-0.2, 0) is 12.8 Å². The monoisotopic (exact) mass is 249 g/mol. The van der Waals surface area contributed by atoms with E-state index >= 15 is 0 Å². The Hall–Kier alpha value is -1.25. The van der Waals surface area contributed by atoms with Crippen LogP contribution >= 0.6 is 11.6 Å². The van der Waals surface area contributed by atoms with Crippen molar-refractivity contribution in [3.8, 4) is 0 Å². The zero-order chi connectivity index (χ0) is 12.3. The van der Waals surface area contributed by atoms with Gasteiger partial charge >= 0.3 is 0 Å². The molecule has 0 saturated carbocycles. The van der Waals surface area contributed by atoms with Crippen molar-refractivity contribution in [3.05, 3.63) is 58.5 Å². The summed E-state index contributed by atoms with van der Waals surface area (Å²) in [6.07, 6.45) is 3.28. The molecule has 1 aromatic carbocycles. The molecule has 1 aromatic heterocycles. The van der Waals surface area contributed by atoms with Gasteiger partial charge in [-0.2, -0.15) is 0 Å². The smallest absolute Gasteiger partial charge is 0.108 e. The molecule has 0 aliphatic heterocycles. The van der Waals surface area contributed by atoms with Gasteiger partial charge in [0.25, 0.3) is 0 Å². The Bertz CT molecular complexity index is 492. The summed E-state index contributed by atoms with van der Waals surface area (Å²) in [5, 5.41) is 0.768. The summed E-state index contributed by atoms with van der Waals surface area (Å²) in [6.45, 7) is 2.06. The quantitative estimate of drug-likeness (QED) is 0.897. The first-order valence-corrected chi connectivity index (χ1v) is 6.15. The second-order valence-corrected chi connectivity index (χ2v) is 4.46. The third kappa shape index (κ3) is 2.71. The first kappa shape index (κ1) is 12.2. The lowest BCUT2D eigenvalue weighted by molar-refractivity contribution is 0.505. The zero-order valence-electron chi connectivity index (χ0n) is 9.82. The minimum Gasteiger partial charge on any atom is -0.469 e. The minimum atomic E-state index is -0.0661. The van der Waals surface area contributed by atoms with Crippen molar-refractivity contribution in [1.29, 1.82) is 0 Å². The summed E-state index contributed by atoms with van der Waals surface area (Å²) >= 11 is 6.12. The van der Waals surface area contributed by atoms with Gasteiger partial charge in [0.1, 0.15) is 5.76 Å². The van der Waals surface area contributed by atoms with Crippen LogP contribution in [0.25, 0.3) is 0 Å². The fraction of sp³-hybridized carbons (Fsp3) is 0.286. The summed E-state index contributed by atoms with van der Waals surface area (Å²) in [5.74, 6) is 0.963. The number of benzene rings is 1. The SMILES string of the molecule is CCc1occc1C(N)Cc1ccccc1Cl. The molecule has 2 aromatic rings. The van der Waals surface area contributed by atoms with Crippen molar-refractivity contribution in [1.82, 2.24) is 0 Å². The topological polar surface area (TPSA) is 39.2 Å². The molecule has 2 N–H and O–H groups in total. The lowest BCUT2D eigenvalue weighted by atomic mass is 9.99. The molecule has 17 heavy (non-hydrogen) atoms. The van der Waals surface area contributed by atoms with Crippen LogP contribution in [0.5, 0.6) is 0 Å². The van der Waals surface area contributed by atoms with Crippen molar-refractivity contribution in [2.75, 3.05) is 0 Å². The number of nitrogens with two attached hydrogens (primary N) is 1. The maximum atomic E-state index is 6.20. The largest absolute Gasteiger partial charge is 0.469 e. The number of hydrogen-bond donors (Lipinski definition) is 1. The molecule has 90 valence electrons. The Morgan fingerprint density at radius 3 is 2.76 bits per heavy atom. The van der Waals surface area contributed by atoms with Crippen LogP contribution in [0.4, 0.5) is 0 Å². The number of halogens is 1. The summed E-state index contributed by atoms with van der Waals surface area (Å²) < 4.78 is 5.39. The van der Waals surface area contributed by atoms with E-state index < -0.39 is 0 Å². The van der Waals surface area contributed by atoms with Gasteiger partial charge in [-0.05, 0) is 24.1 Å². The molecule has 0 saturated heterocycles. The Labute approximate surface area is 106 Å². The van der Waals surface area contributed by atoms with Gasteiger partial charge in [0.15, 0.2) is 0 Å². The summed E-state index contributed by atoms with van der Waals surface area (Å²) in [6, 6.07) is 9.67. The Kier molecular flexibility index (Phi) is 3.87. The van der Waals surface area contributed by atoms with Gasteiger partial charge in [0.2, 0.25) is 0 Å². The molecule has 3 heteroatoms. The molecule has 1 heterocycles. The van der Waals surface area contributed by atoms with Crippen molar-refractivity contribution < 1.29 is 4.42 Å². The first-order chi connectivity index (χ1) is 8.22. The van der Waals surface area contributed by atoms with Crippen molar-refractivity contribution in [2.45, 2.75) is 25.8 Å². The number of furan rings is 1. The van der Waals surface area contributed by atoms with E-state index in [2.05, 4.69) is 6.92 Å².